The van der Waals surface area contributed by atoms with Crippen molar-refractivity contribution in [3.05, 3.63) is 66.6 Å². The Labute approximate surface area is 163 Å². The maximum atomic E-state index is 12.9. The summed E-state index contributed by atoms with van der Waals surface area (Å²) in [5, 5.41) is 3.39. The van der Waals surface area contributed by atoms with E-state index in [1.807, 2.05) is 25.1 Å². The van der Waals surface area contributed by atoms with Crippen LogP contribution in [-0.2, 0) is 9.84 Å². The van der Waals surface area contributed by atoms with Gasteiger partial charge in [0.1, 0.15) is 0 Å². The van der Waals surface area contributed by atoms with Crippen molar-refractivity contribution in [2.45, 2.75) is 17.9 Å². The van der Waals surface area contributed by atoms with Gasteiger partial charge in [0.05, 0.1) is 22.5 Å². The largest absolute Gasteiger partial charge is 0.459 e. The fourth-order valence-corrected chi connectivity index (χ4v) is 3.99. The van der Waals surface area contributed by atoms with E-state index in [0.29, 0.717) is 12.3 Å². The van der Waals surface area contributed by atoms with Crippen LogP contribution in [0.15, 0.2) is 70.2 Å². The van der Waals surface area contributed by atoms with Crippen LogP contribution in [-0.4, -0.2) is 33.2 Å². The van der Waals surface area contributed by atoms with Gasteiger partial charge in [0.15, 0.2) is 15.6 Å². The van der Waals surface area contributed by atoms with Gasteiger partial charge in [0, 0.05) is 18.8 Å². The van der Waals surface area contributed by atoms with Crippen LogP contribution >= 0.6 is 0 Å². The first-order valence-corrected chi connectivity index (χ1v) is 10.8. The van der Waals surface area contributed by atoms with E-state index in [0.717, 1.165) is 22.5 Å². The molecule has 0 saturated heterocycles. The molecule has 1 aromatic heterocycles. The molecule has 0 spiro atoms. The minimum absolute atomic E-state index is 0.103. The number of sulfone groups is 1. The van der Waals surface area contributed by atoms with E-state index in [1.54, 1.807) is 41.3 Å². The summed E-state index contributed by atoms with van der Waals surface area (Å²) < 4.78 is 28.6. The quantitative estimate of drug-likeness (QED) is 0.728. The van der Waals surface area contributed by atoms with Gasteiger partial charge in [-0.15, -0.1) is 0 Å². The van der Waals surface area contributed by atoms with E-state index in [1.165, 1.54) is 12.5 Å². The van der Waals surface area contributed by atoms with Crippen LogP contribution in [0.3, 0.4) is 0 Å². The molecule has 1 atom stereocenters. The third kappa shape index (κ3) is 3.41. The molecule has 28 heavy (non-hydrogen) atoms. The standard InChI is InChI=1S/C21H20N2O4S/c1-14-13-23(21(24)20-4-3-11-27-20)19-12-16(7-10-18(19)22-14)15-5-8-17(9-6-15)28(2,25)26/h3-12,14,22H,13H2,1-2H3. The van der Waals surface area contributed by atoms with Crippen molar-refractivity contribution in [1.29, 1.82) is 0 Å². The molecule has 2 heterocycles. The monoisotopic (exact) mass is 396 g/mol. The lowest BCUT2D eigenvalue weighted by Crippen LogP contribution is -2.43. The molecule has 6 nitrogen and oxygen atoms in total. The van der Waals surface area contributed by atoms with Crippen LogP contribution in [0.5, 0.6) is 0 Å². The summed E-state index contributed by atoms with van der Waals surface area (Å²) in [4.78, 5) is 14.9. The minimum atomic E-state index is -3.24. The van der Waals surface area contributed by atoms with Gasteiger partial charge < -0.3 is 14.6 Å². The Morgan fingerprint density at radius 2 is 1.82 bits per heavy atom. The molecular weight excluding hydrogens is 376 g/mol. The SMILES string of the molecule is CC1CN(C(=O)c2ccco2)c2cc(-c3ccc(S(C)(=O)=O)cc3)ccc2N1. The summed E-state index contributed by atoms with van der Waals surface area (Å²) >= 11 is 0. The molecule has 3 aromatic rings. The smallest absolute Gasteiger partial charge is 0.294 e. The maximum absolute atomic E-state index is 12.9. The molecule has 0 radical (unpaired) electrons. The Balaban J connectivity index is 1.74. The molecule has 1 aliphatic heterocycles. The number of hydrogen-bond donors (Lipinski definition) is 1. The van der Waals surface area contributed by atoms with Crippen LogP contribution < -0.4 is 10.2 Å². The maximum Gasteiger partial charge on any atom is 0.294 e. The van der Waals surface area contributed by atoms with E-state index in [9.17, 15) is 13.2 Å². The molecule has 144 valence electrons. The van der Waals surface area contributed by atoms with Crippen LogP contribution in [0.25, 0.3) is 11.1 Å². The normalized spacial score (nSPS) is 16.4. The number of anilines is 2. The third-order valence-corrected chi connectivity index (χ3v) is 5.87. The van der Waals surface area contributed by atoms with Crippen molar-refractivity contribution in [1.82, 2.24) is 0 Å². The number of benzene rings is 2. The molecule has 0 aliphatic carbocycles. The Morgan fingerprint density at radius 3 is 2.46 bits per heavy atom. The molecule has 1 amide bonds. The summed E-state index contributed by atoms with van der Waals surface area (Å²) in [5.41, 5.74) is 3.41. The van der Waals surface area contributed by atoms with Gasteiger partial charge in [-0.05, 0) is 54.4 Å². The highest BCUT2D eigenvalue weighted by atomic mass is 32.2. The molecular formula is C21H20N2O4S. The van der Waals surface area contributed by atoms with Crippen LogP contribution in [0.2, 0.25) is 0 Å². The summed E-state index contributed by atoms with van der Waals surface area (Å²) in [6, 6.07) is 16.0. The highest BCUT2D eigenvalue weighted by molar-refractivity contribution is 7.90. The molecule has 0 bridgehead atoms. The fourth-order valence-electron chi connectivity index (χ4n) is 3.36. The van der Waals surface area contributed by atoms with Crippen LogP contribution in [0, 0.1) is 0 Å². The summed E-state index contributed by atoms with van der Waals surface area (Å²) in [6.45, 7) is 2.53. The Bertz CT molecular complexity index is 1120. The predicted molar refractivity (Wildman–Crippen MR) is 108 cm³/mol. The second-order valence-corrected chi connectivity index (χ2v) is 8.98. The zero-order valence-electron chi connectivity index (χ0n) is 15.5. The fraction of sp³-hybridized carbons (Fsp3) is 0.190. The molecule has 7 heteroatoms. The second kappa shape index (κ2) is 6.83. The number of furan rings is 1. The van der Waals surface area contributed by atoms with Gasteiger partial charge >= 0.3 is 0 Å². The number of carbonyl (C=O) groups excluding carboxylic acids is 1. The van der Waals surface area contributed by atoms with E-state index in [2.05, 4.69) is 5.32 Å². The van der Waals surface area contributed by atoms with Crippen molar-refractivity contribution in [2.75, 3.05) is 23.0 Å². The van der Waals surface area contributed by atoms with E-state index in [-0.39, 0.29) is 16.8 Å². The Kier molecular flexibility index (Phi) is 4.47. The number of nitrogens with one attached hydrogen (secondary N) is 1. The molecule has 1 N–H and O–H groups in total. The van der Waals surface area contributed by atoms with Gasteiger partial charge in [0.25, 0.3) is 5.91 Å². The molecule has 1 aliphatic rings. The van der Waals surface area contributed by atoms with Gasteiger partial charge in [-0.3, -0.25) is 4.79 Å². The van der Waals surface area contributed by atoms with Crippen molar-refractivity contribution >= 4 is 27.1 Å². The summed E-state index contributed by atoms with van der Waals surface area (Å²) in [6.07, 6.45) is 2.67. The zero-order chi connectivity index (χ0) is 19.9. The minimum Gasteiger partial charge on any atom is -0.459 e. The molecule has 0 saturated carbocycles. The predicted octanol–water partition coefficient (Wildman–Crippen LogP) is 3.81. The topological polar surface area (TPSA) is 79.6 Å². The second-order valence-electron chi connectivity index (χ2n) is 6.97. The number of rotatable bonds is 3. The van der Waals surface area contributed by atoms with Crippen molar-refractivity contribution in [3.63, 3.8) is 0 Å². The molecule has 1 unspecified atom stereocenters. The Hall–Kier alpha value is -3.06. The first kappa shape index (κ1) is 18.3. The van der Waals surface area contributed by atoms with Crippen molar-refractivity contribution in [2.24, 2.45) is 0 Å². The molecule has 2 aromatic carbocycles. The lowest BCUT2D eigenvalue weighted by atomic mass is 10.0. The number of amides is 1. The molecule has 4 rings (SSSR count). The van der Waals surface area contributed by atoms with Crippen LogP contribution in [0.4, 0.5) is 11.4 Å². The number of nitrogens with zero attached hydrogens (tertiary/aromatic N) is 1. The molecule has 0 fully saturated rings. The summed E-state index contributed by atoms with van der Waals surface area (Å²) in [5.74, 6) is 0.104. The number of carbonyl (C=O) groups is 1. The first-order valence-electron chi connectivity index (χ1n) is 8.89. The number of fused-ring (bicyclic) bond motifs is 1. The van der Waals surface area contributed by atoms with Gasteiger partial charge in [-0.1, -0.05) is 18.2 Å². The lowest BCUT2D eigenvalue weighted by Gasteiger charge is -2.34. The summed E-state index contributed by atoms with van der Waals surface area (Å²) in [7, 11) is -3.24. The highest BCUT2D eigenvalue weighted by Crippen LogP contribution is 2.36. The Morgan fingerprint density at radius 1 is 1.11 bits per heavy atom. The van der Waals surface area contributed by atoms with Gasteiger partial charge in [0.2, 0.25) is 0 Å². The average molecular weight is 396 g/mol. The third-order valence-electron chi connectivity index (χ3n) is 4.74. The van der Waals surface area contributed by atoms with Gasteiger partial charge in [-0.2, -0.15) is 0 Å². The number of hydrogen-bond acceptors (Lipinski definition) is 5. The lowest BCUT2D eigenvalue weighted by molar-refractivity contribution is 0.0958. The average Bonchev–Trinajstić information content (AvgIpc) is 3.20. The van der Waals surface area contributed by atoms with Gasteiger partial charge in [-0.25, -0.2) is 8.42 Å². The highest BCUT2D eigenvalue weighted by Gasteiger charge is 2.28. The van der Waals surface area contributed by atoms with Crippen molar-refractivity contribution < 1.29 is 17.6 Å². The first-order chi connectivity index (χ1) is 13.3. The van der Waals surface area contributed by atoms with E-state index in [4.69, 9.17) is 4.42 Å². The zero-order valence-corrected chi connectivity index (χ0v) is 16.4. The van der Waals surface area contributed by atoms with E-state index >= 15 is 0 Å². The van der Waals surface area contributed by atoms with Crippen molar-refractivity contribution in [3.8, 4) is 11.1 Å². The van der Waals surface area contributed by atoms with E-state index < -0.39 is 9.84 Å². The van der Waals surface area contributed by atoms with Crippen LogP contribution in [0.1, 0.15) is 17.5 Å².